The van der Waals surface area contributed by atoms with Crippen LogP contribution < -0.4 is 0 Å². The second-order valence-corrected chi connectivity index (χ2v) is 6.23. The maximum Gasteiger partial charge on any atom is 0.460 e. The number of hydrogen-bond acceptors (Lipinski definition) is 2. The van der Waals surface area contributed by atoms with Crippen molar-refractivity contribution in [2.45, 2.75) is 48.6 Å². The van der Waals surface area contributed by atoms with Crippen molar-refractivity contribution in [2.75, 3.05) is 11.5 Å². The van der Waals surface area contributed by atoms with Crippen LogP contribution >= 0.6 is 11.8 Å². The lowest BCUT2D eigenvalue weighted by Gasteiger charge is -2.39. The van der Waals surface area contributed by atoms with Crippen molar-refractivity contribution in [1.82, 2.24) is 0 Å². The summed E-state index contributed by atoms with van der Waals surface area (Å²) in [6.07, 6.45) is -10.4. The van der Waals surface area contributed by atoms with Gasteiger partial charge in [0.15, 0.2) is 0 Å². The third-order valence-corrected chi connectivity index (χ3v) is 4.00. The van der Waals surface area contributed by atoms with Gasteiger partial charge >= 0.3 is 41.8 Å². The molecule has 16 heteroatoms. The van der Waals surface area contributed by atoms with Gasteiger partial charge in [-0.25, -0.2) is 0 Å². The van der Waals surface area contributed by atoms with E-state index in [0.717, 1.165) is 0 Å². The summed E-state index contributed by atoms with van der Waals surface area (Å²) in [5, 5.41) is 8.21. The summed E-state index contributed by atoms with van der Waals surface area (Å²) < 4.78 is 166. The van der Waals surface area contributed by atoms with Gasteiger partial charge in [0.1, 0.15) is 0 Å². The minimum absolute atomic E-state index is 0.198. The van der Waals surface area contributed by atoms with Crippen LogP contribution in [0.15, 0.2) is 0 Å². The largest absolute Gasteiger partial charge is 0.481 e. The molecule has 0 aliphatic carbocycles. The fourth-order valence-corrected chi connectivity index (χ4v) is 2.34. The standard InChI is InChI=1S/C11H9F13O2S/c12-6(13,2-4-27-3-1-5(25)26)7(14,15)8(16,17)9(18,19)10(20,21)11(22,23)24/h1-4H2,(H,25,26). The highest BCUT2D eigenvalue weighted by Gasteiger charge is 2.90. The van der Waals surface area contributed by atoms with E-state index in [0.29, 0.717) is 0 Å². The SMILES string of the molecule is O=C(O)CCSCCC(F)(F)C(F)(F)C(F)(F)C(F)(F)C(F)(F)C(F)(F)F. The number of carbonyl (C=O) groups is 1. The average Bonchev–Trinajstić information content (AvgIpc) is 2.44. The number of thioether (sulfide) groups is 1. The lowest BCUT2D eigenvalue weighted by Crippen LogP contribution is -2.70. The zero-order chi connectivity index (χ0) is 22.1. The van der Waals surface area contributed by atoms with Crippen LogP contribution in [0.1, 0.15) is 12.8 Å². The summed E-state index contributed by atoms with van der Waals surface area (Å²) >= 11 is 0.198. The number of carboxylic acids is 1. The van der Waals surface area contributed by atoms with Crippen molar-refractivity contribution in [1.29, 1.82) is 0 Å². The quantitative estimate of drug-likeness (QED) is 0.360. The van der Waals surface area contributed by atoms with Crippen LogP contribution in [0, 0.1) is 0 Å². The number of rotatable bonds is 10. The topological polar surface area (TPSA) is 37.3 Å². The van der Waals surface area contributed by atoms with Gasteiger partial charge in [-0.3, -0.25) is 4.79 Å². The van der Waals surface area contributed by atoms with Crippen LogP contribution in [0.2, 0.25) is 0 Å². The van der Waals surface area contributed by atoms with E-state index in [1.807, 2.05) is 0 Å². The summed E-state index contributed by atoms with van der Waals surface area (Å²) in [5.74, 6) is -39.9. The predicted octanol–water partition coefficient (Wildman–Crippen LogP) is 5.32. The number of aliphatic carboxylic acids is 1. The first-order valence-corrected chi connectivity index (χ1v) is 7.57. The average molecular weight is 452 g/mol. The third kappa shape index (κ3) is 4.67. The first kappa shape index (κ1) is 25.9. The lowest BCUT2D eigenvalue weighted by atomic mass is 9.93. The number of carboxylic acid groups (broad SMARTS) is 1. The molecule has 0 atom stereocenters. The first-order chi connectivity index (χ1) is 11.7. The van der Waals surface area contributed by atoms with Gasteiger partial charge in [-0.2, -0.15) is 68.8 Å². The fourth-order valence-electron chi connectivity index (χ4n) is 1.42. The molecule has 0 aliphatic heterocycles. The normalized spacial score (nSPS) is 15.1. The Kier molecular flexibility index (Phi) is 7.42. The summed E-state index contributed by atoms with van der Waals surface area (Å²) in [4.78, 5) is 10.1. The Labute approximate surface area is 146 Å². The van der Waals surface area contributed by atoms with Crippen molar-refractivity contribution >= 4 is 17.7 Å². The Morgan fingerprint density at radius 1 is 0.667 bits per heavy atom. The molecule has 0 unspecified atom stereocenters. The second-order valence-electron chi connectivity index (χ2n) is 5.01. The first-order valence-electron chi connectivity index (χ1n) is 6.42. The van der Waals surface area contributed by atoms with Crippen molar-refractivity contribution in [2.24, 2.45) is 0 Å². The number of halogens is 13. The van der Waals surface area contributed by atoms with Crippen LogP contribution in [0.4, 0.5) is 57.1 Å². The Bertz CT molecular complexity index is 529. The van der Waals surface area contributed by atoms with Gasteiger partial charge in [-0.15, -0.1) is 0 Å². The van der Waals surface area contributed by atoms with Crippen molar-refractivity contribution in [3.8, 4) is 0 Å². The Morgan fingerprint density at radius 3 is 1.44 bits per heavy atom. The minimum atomic E-state index is -7.90. The second kappa shape index (κ2) is 7.73. The zero-order valence-corrected chi connectivity index (χ0v) is 13.3. The fraction of sp³-hybridized carbons (Fsp3) is 0.909. The molecule has 0 rings (SSSR count). The molecule has 0 amide bonds. The van der Waals surface area contributed by atoms with Crippen LogP contribution in [-0.4, -0.2) is 58.4 Å². The van der Waals surface area contributed by atoms with Crippen LogP contribution in [-0.2, 0) is 4.79 Å². The Balaban J connectivity index is 5.58. The molecule has 0 fully saturated rings. The molecule has 0 saturated carbocycles. The van der Waals surface area contributed by atoms with Gasteiger partial charge in [-0.05, 0) is 5.75 Å². The van der Waals surface area contributed by atoms with Crippen LogP contribution in [0.25, 0.3) is 0 Å². The van der Waals surface area contributed by atoms with E-state index in [1.165, 1.54) is 0 Å². The van der Waals surface area contributed by atoms with Crippen molar-refractivity contribution < 1.29 is 67.0 Å². The van der Waals surface area contributed by atoms with E-state index in [2.05, 4.69) is 0 Å². The van der Waals surface area contributed by atoms with Gasteiger partial charge in [0.25, 0.3) is 0 Å². The van der Waals surface area contributed by atoms with Gasteiger partial charge < -0.3 is 5.11 Å². The molecule has 0 spiro atoms. The van der Waals surface area contributed by atoms with Gasteiger partial charge in [0.2, 0.25) is 0 Å². The summed E-state index contributed by atoms with van der Waals surface area (Å²) in [6, 6.07) is 0. The minimum Gasteiger partial charge on any atom is -0.481 e. The molecule has 0 heterocycles. The molecular formula is C11H9F13O2S. The highest BCUT2D eigenvalue weighted by Crippen LogP contribution is 2.60. The molecule has 0 radical (unpaired) electrons. The number of alkyl halides is 13. The predicted molar refractivity (Wildman–Crippen MR) is 65.0 cm³/mol. The summed E-state index contributed by atoms with van der Waals surface area (Å²) in [5.41, 5.74) is 0. The van der Waals surface area contributed by atoms with Crippen molar-refractivity contribution in [3.63, 3.8) is 0 Å². The van der Waals surface area contributed by atoms with Gasteiger partial charge in [-0.1, -0.05) is 0 Å². The van der Waals surface area contributed by atoms with E-state index in [-0.39, 0.29) is 11.8 Å². The molecule has 162 valence electrons. The lowest BCUT2D eigenvalue weighted by molar-refractivity contribution is -0.439. The third-order valence-electron chi connectivity index (χ3n) is 3.02. The molecule has 0 aromatic heterocycles. The van der Waals surface area contributed by atoms with Gasteiger partial charge in [0.05, 0.1) is 6.42 Å². The Hall–Kier alpha value is -1.09. The van der Waals surface area contributed by atoms with E-state index in [9.17, 15) is 61.9 Å². The maximum atomic E-state index is 13.3. The summed E-state index contributed by atoms with van der Waals surface area (Å²) in [6.45, 7) is 0. The Morgan fingerprint density at radius 2 is 1.07 bits per heavy atom. The van der Waals surface area contributed by atoms with E-state index < -0.39 is 66.1 Å². The van der Waals surface area contributed by atoms with Gasteiger partial charge in [0, 0.05) is 12.2 Å². The van der Waals surface area contributed by atoms with Crippen LogP contribution in [0.5, 0.6) is 0 Å². The van der Waals surface area contributed by atoms with Crippen LogP contribution in [0.3, 0.4) is 0 Å². The molecule has 0 aliphatic rings. The maximum absolute atomic E-state index is 13.3. The molecule has 0 aromatic carbocycles. The molecular weight excluding hydrogens is 443 g/mol. The molecule has 0 bridgehead atoms. The zero-order valence-electron chi connectivity index (χ0n) is 12.5. The molecule has 1 N–H and O–H groups in total. The molecule has 0 saturated heterocycles. The van der Waals surface area contributed by atoms with E-state index in [4.69, 9.17) is 5.11 Å². The molecule has 2 nitrogen and oxygen atoms in total. The monoisotopic (exact) mass is 452 g/mol. The van der Waals surface area contributed by atoms with Crippen molar-refractivity contribution in [3.05, 3.63) is 0 Å². The molecule has 27 heavy (non-hydrogen) atoms. The van der Waals surface area contributed by atoms with E-state index >= 15 is 0 Å². The van der Waals surface area contributed by atoms with E-state index in [1.54, 1.807) is 0 Å². The highest BCUT2D eigenvalue weighted by molar-refractivity contribution is 7.99. The molecule has 0 aromatic rings. The smallest absolute Gasteiger partial charge is 0.460 e. The number of hydrogen-bond donors (Lipinski definition) is 1. The summed E-state index contributed by atoms with van der Waals surface area (Å²) in [7, 11) is 0. The highest BCUT2D eigenvalue weighted by atomic mass is 32.2.